The highest BCUT2D eigenvalue weighted by Crippen LogP contribution is 2.63. The molecule has 6 rings (SSSR count). The first-order valence-corrected chi connectivity index (χ1v) is 12.6. The Labute approximate surface area is 204 Å². The van der Waals surface area contributed by atoms with Gasteiger partial charge in [-0.3, -0.25) is 9.59 Å². The Kier molecular flexibility index (Phi) is 5.31. The van der Waals surface area contributed by atoms with Crippen LogP contribution in [0.25, 0.3) is 11.1 Å². The molecule has 4 aliphatic carbocycles. The molecule has 0 heterocycles. The zero-order chi connectivity index (χ0) is 24.2. The number of carbonyl (C=O) groups excluding carboxylic acids is 2. The third-order valence-corrected chi connectivity index (χ3v) is 8.70. The molecule has 4 aliphatic rings. The predicted octanol–water partition coefficient (Wildman–Crippen LogP) is 4.06. The molecule has 0 spiro atoms. The van der Waals surface area contributed by atoms with Crippen LogP contribution in [0.4, 0.5) is 4.79 Å². The van der Waals surface area contributed by atoms with Crippen LogP contribution in [0.3, 0.4) is 0 Å². The zero-order valence-electron chi connectivity index (χ0n) is 19.5. The van der Waals surface area contributed by atoms with Crippen LogP contribution in [0.15, 0.2) is 48.5 Å². The second-order valence-corrected chi connectivity index (χ2v) is 10.6. The molecule has 4 atom stereocenters. The van der Waals surface area contributed by atoms with Gasteiger partial charge in [-0.1, -0.05) is 55.0 Å². The van der Waals surface area contributed by atoms with Crippen molar-refractivity contribution >= 4 is 18.0 Å². The molecular formula is C28H30N2O5. The van der Waals surface area contributed by atoms with E-state index >= 15 is 0 Å². The highest BCUT2D eigenvalue weighted by molar-refractivity contribution is 5.87. The van der Waals surface area contributed by atoms with Crippen molar-refractivity contribution in [1.29, 1.82) is 0 Å². The van der Waals surface area contributed by atoms with Crippen molar-refractivity contribution in [1.82, 2.24) is 10.6 Å². The molecular weight excluding hydrogens is 444 g/mol. The number of benzene rings is 2. The second-order valence-electron chi connectivity index (χ2n) is 10.6. The maximum atomic E-state index is 13.1. The molecule has 3 saturated carbocycles. The summed E-state index contributed by atoms with van der Waals surface area (Å²) >= 11 is 0. The molecule has 7 heteroatoms. The average Bonchev–Trinajstić information content (AvgIpc) is 3.25. The summed E-state index contributed by atoms with van der Waals surface area (Å²) in [7, 11) is 0. The molecule has 3 fully saturated rings. The topological polar surface area (TPSA) is 105 Å². The van der Waals surface area contributed by atoms with Crippen molar-refractivity contribution in [2.75, 3.05) is 6.61 Å². The number of alkyl carbamates (subject to hydrolysis) is 1. The lowest BCUT2D eigenvalue weighted by Gasteiger charge is -2.34. The zero-order valence-corrected chi connectivity index (χ0v) is 19.5. The number of amides is 2. The molecule has 7 nitrogen and oxygen atoms in total. The van der Waals surface area contributed by atoms with E-state index in [4.69, 9.17) is 4.74 Å². The van der Waals surface area contributed by atoms with Crippen LogP contribution in [-0.2, 0) is 14.3 Å². The highest BCUT2D eigenvalue weighted by atomic mass is 16.5. The van der Waals surface area contributed by atoms with Crippen LogP contribution >= 0.6 is 0 Å². The van der Waals surface area contributed by atoms with Gasteiger partial charge in [0.05, 0.1) is 5.41 Å². The monoisotopic (exact) mass is 474 g/mol. The van der Waals surface area contributed by atoms with Crippen LogP contribution in [0.5, 0.6) is 0 Å². The van der Waals surface area contributed by atoms with Crippen molar-refractivity contribution in [3.63, 3.8) is 0 Å². The molecule has 3 N–H and O–H groups in total. The van der Waals surface area contributed by atoms with Gasteiger partial charge in [0.15, 0.2) is 0 Å². The van der Waals surface area contributed by atoms with E-state index in [9.17, 15) is 19.5 Å². The fourth-order valence-electron chi connectivity index (χ4n) is 6.49. The predicted molar refractivity (Wildman–Crippen MR) is 129 cm³/mol. The van der Waals surface area contributed by atoms with E-state index in [0.717, 1.165) is 41.5 Å². The van der Waals surface area contributed by atoms with E-state index < -0.39 is 23.5 Å². The van der Waals surface area contributed by atoms with Gasteiger partial charge in [-0.05, 0) is 66.2 Å². The fourth-order valence-corrected chi connectivity index (χ4v) is 6.49. The van der Waals surface area contributed by atoms with E-state index in [1.54, 1.807) is 0 Å². The minimum Gasteiger partial charge on any atom is -0.481 e. The number of rotatable bonds is 7. The van der Waals surface area contributed by atoms with Crippen LogP contribution in [-0.4, -0.2) is 41.8 Å². The Balaban J connectivity index is 1.09. The number of ether oxygens (including phenoxy) is 1. The summed E-state index contributed by atoms with van der Waals surface area (Å²) in [6.07, 6.45) is 4.09. The molecule has 2 aromatic carbocycles. The highest BCUT2D eigenvalue weighted by Gasteiger charge is 2.65. The van der Waals surface area contributed by atoms with Crippen molar-refractivity contribution < 1.29 is 24.2 Å². The molecule has 2 amide bonds. The smallest absolute Gasteiger partial charge is 0.407 e. The first kappa shape index (κ1) is 22.1. The molecule has 0 aromatic heterocycles. The van der Waals surface area contributed by atoms with Gasteiger partial charge < -0.3 is 20.5 Å². The van der Waals surface area contributed by atoms with Gasteiger partial charge in [-0.25, -0.2) is 4.79 Å². The molecule has 1 unspecified atom stereocenters. The molecule has 0 radical (unpaired) electrons. The summed E-state index contributed by atoms with van der Waals surface area (Å²) in [5, 5.41) is 15.4. The minimum atomic E-state index is -0.758. The average molecular weight is 475 g/mol. The van der Waals surface area contributed by atoms with E-state index in [-0.39, 0.29) is 36.3 Å². The molecule has 2 aromatic rings. The number of aliphatic carboxylic acids is 1. The fraction of sp³-hybridized carbons (Fsp3) is 0.464. The Hall–Kier alpha value is -3.35. The van der Waals surface area contributed by atoms with Crippen molar-refractivity contribution in [2.24, 2.45) is 17.3 Å². The first-order chi connectivity index (χ1) is 17.0. The summed E-state index contributed by atoms with van der Waals surface area (Å²) in [4.78, 5) is 37.5. The Bertz CT molecular complexity index is 1150. The van der Waals surface area contributed by atoms with Gasteiger partial charge in [0.1, 0.15) is 12.6 Å². The molecule has 0 aliphatic heterocycles. The number of hydrogen-bond donors (Lipinski definition) is 3. The number of fused-ring (bicyclic) bond motifs is 4. The summed E-state index contributed by atoms with van der Waals surface area (Å²) < 4.78 is 5.67. The Morgan fingerprint density at radius 3 is 2.23 bits per heavy atom. The first-order valence-electron chi connectivity index (χ1n) is 12.6. The largest absolute Gasteiger partial charge is 0.481 e. The van der Waals surface area contributed by atoms with Gasteiger partial charge in [-0.15, -0.1) is 0 Å². The second kappa shape index (κ2) is 8.40. The standard InChI is InChI=1S/C28H30N2O5/c31-25(29-18-12-17-13-28(17,14-18)26(32)33)24(16-6-5-7-16)30-27(34)35-15-23-21-10-3-1-8-19(21)20-9-2-4-11-22(20)23/h1-4,8-11,16-18,23-24H,5-7,12-15H2,(H,29,31)(H,30,34)(H,32,33)/t17-,18+,24?,28+/m1/s1. The Morgan fingerprint density at radius 1 is 1.00 bits per heavy atom. The summed E-state index contributed by atoms with van der Waals surface area (Å²) in [6.45, 7) is 0.199. The van der Waals surface area contributed by atoms with Crippen molar-refractivity contribution in [3.8, 4) is 11.1 Å². The summed E-state index contributed by atoms with van der Waals surface area (Å²) in [6, 6.07) is 15.5. The van der Waals surface area contributed by atoms with Gasteiger partial charge in [0.25, 0.3) is 0 Å². The Morgan fingerprint density at radius 2 is 1.66 bits per heavy atom. The molecule has 0 bridgehead atoms. The van der Waals surface area contributed by atoms with Gasteiger partial charge in [-0.2, -0.15) is 0 Å². The number of hydrogen-bond acceptors (Lipinski definition) is 4. The normalized spacial score (nSPS) is 27.1. The van der Waals surface area contributed by atoms with Crippen LogP contribution in [0, 0.1) is 17.3 Å². The lowest BCUT2D eigenvalue weighted by Crippen LogP contribution is -2.54. The van der Waals surface area contributed by atoms with Crippen molar-refractivity contribution in [3.05, 3.63) is 59.7 Å². The van der Waals surface area contributed by atoms with E-state index in [0.29, 0.717) is 19.3 Å². The lowest BCUT2D eigenvalue weighted by atomic mass is 9.79. The molecule has 35 heavy (non-hydrogen) atoms. The maximum Gasteiger partial charge on any atom is 0.407 e. The van der Waals surface area contributed by atoms with E-state index in [1.807, 2.05) is 24.3 Å². The SMILES string of the molecule is O=C(NC(C(=O)N[C@H]1C[C@@H]2C[C@]2(C(=O)O)C1)C1CCC1)OCC1c2ccccc2-c2ccccc21. The minimum absolute atomic E-state index is 0.0402. The van der Waals surface area contributed by atoms with Crippen LogP contribution in [0.1, 0.15) is 55.6 Å². The van der Waals surface area contributed by atoms with E-state index in [2.05, 4.69) is 34.9 Å². The third-order valence-electron chi connectivity index (χ3n) is 8.70. The number of carboxylic acid groups (broad SMARTS) is 1. The van der Waals surface area contributed by atoms with Gasteiger partial charge >= 0.3 is 12.1 Å². The molecule has 0 saturated heterocycles. The van der Waals surface area contributed by atoms with E-state index in [1.165, 1.54) is 0 Å². The van der Waals surface area contributed by atoms with Gasteiger partial charge in [0, 0.05) is 12.0 Å². The van der Waals surface area contributed by atoms with Crippen LogP contribution < -0.4 is 10.6 Å². The summed E-state index contributed by atoms with van der Waals surface area (Å²) in [5.74, 6) is -0.787. The summed E-state index contributed by atoms with van der Waals surface area (Å²) in [5.41, 5.74) is 3.96. The lowest BCUT2D eigenvalue weighted by molar-refractivity contribution is -0.144. The number of carboxylic acids is 1. The van der Waals surface area contributed by atoms with Gasteiger partial charge in [0.2, 0.25) is 5.91 Å². The third kappa shape index (κ3) is 3.77. The quantitative estimate of drug-likeness (QED) is 0.561. The van der Waals surface area contributed by atoms with Crippen LogP contribution in [0.2, 0.25) is 0 Å². The number of nitrogens with one attached hydrogen (secondary N) is 2. The van der Waals surface area contributed by atoms with Crippen molar-refractivity contribution in [2.45, 2.75) is 56.5 Å². The number of carbonyl (C=O) groups is 3. The molecule has 182 valence electrons. The maximum absolute atomic E-state index is 13.1.